The zero-order valence-corrected chi connectivity index (χ0v) is 19.8. The van der Waals surface area contributed by atoms with Gasteiger partial charge in [0.1, 0.15) is 6.10 Å². The summed E-state index contributed by atoms with van der Waals surface area (Å²) in [5.74, 6) is -0.905. The molecule has 0 amide bonds. The normalized spacial score (nSPS) is 18.2. The number of carbonyl (C=O) groups is 2. The molecular weight excluding hydrogens is 488 g/mol. The van der Waals surface area contributed by atoms with Crippen molar-refractivity contribution >= 4 is 47.4 Å². The fourth-order valence-corrected chi connectivity index (χ4v) is 4.67. The molecule has 2 atom stereocenters. The summed E-state index contributed by atoms with van der Waals surface area (Å²) < 4.78 is 48.8. The molecule has 1 aliphatic heterocycles. The van der Waals surface area contributed by atoms with Crippen LogP contribution in [0.15, 0.2) is 23.1 Å². The Morgan fingerprint density at radius 3 is 2.34 bits per heavy atom. The number of halogens is 1. The first-order valence-electron chi connectivity index (χ1n) is 9.28. The highest BCUT2D eigenvalue weighted by Gasteiger charge is 2.30. The molecule has 0 radical (unpaired) electrons. The smallest absolute Gasteiger partial charge is 0.381 e. The van der Waals surface area contributed by atoms with Crippen LogP contribution in [0.3, 0.4) is 0 Å². The van der Waals surface area contributed by atoms with Crippen molar-refractivity contribution in [1.82, 2.24) is 9.55 Å². The van der Waals surface area contributed by atoms with Crippen molar-refractivity contribution in [2.45, 2.75) is 26.2 Å². The third kappa shape index (κ3) is 8.77. The topological polar surface area (TPSA) is 149 Å². The Morgan fingerprint density at radius 1 is 1.19 bits per heavy atom. The van der Waals surface area contributed by atoms with Crippen molar-refractivity contribution in [2.24, 2.45) is 0 Å². The molecule has 1 aromatic rings. The van der Waals surface area contributed by atoms with Crippen LogP contribution in [0.1, 0.15) is 20.1 Å². The van der Waals surface area contributed by atoms with E-state index in [0.717, 1.165) is 34.3 Å². The maximum atomic E-state index is 13.6. The minimum Gasteiger partial charge on any atom is -0.381 e. The number of thioether (sulfide) groups is 2. The summed E-state index contributed by atoms with van der Waals surface area (Å²) in [6.07, 6.45) is 2.18. The Hall–Kier alpha value is -1.54. The number of nitrogen functional groups attached to an aromatic ring is 1. The zero-order valence-electron chi connectivity index (χ0n) is 17.3. The number of phosphoric acid groups is 1. The van der Waals surface area contributed by atoms with Crippen molar-refractivity contribution in [2.75, 3.05) is 37.1 Å². The van der Waals surface area contributed by atoms with Crippen LogP contribution in [0.2, 0.25) is 0 Å². The van der Waals surface area contributed by atoms with Crippen LogP contribution in [0.4, 0.5) is 10.2 Å². The van der Waals surface area contributed by atoms with Crippen LogP contribution < -0.4 is 11.4 Å². The summed E-state index contributed by atoms with van der Waals surface area (Å²) in [5, 5.41) is -0.245. The van der Waals surface area contributed by atoms with E-state index < -0.39 is 37.5 Å². The number of nitrogens with zero attached hydrogens (tertiary/aromatic N) is 2. The number of anilines is 1. The van der Waals surface area contributed by atoms with E-state index in [-0.39, 0.29) is 41.6 Å². The van der Waals surface area contributed by atoms with E-state index in [1.807, 2.05) is 0 Å². The molecule has 0 unspecified atom stereocenters. The van der Waals surface area contributed by atoms with Crippen LogP contribution in [0, 0.1) is 5.82 Å². The third-order valence-corrected chi connectivity index (χ3v) is 6.70. The molecule has 0 saturated carbocycles. The molecular formula is C17H23FN3O8PS2. The zero-order chi connectivity index (χ0) is 23.7. The van der Waals surface area contributed by atoms with Gasteiger partial charge in [-0.1, -0.05) is 29.6 Å². The first-order valence-corrected chi connectivity index (χ1v) is 12.7. The first kappa shape index (κ1) is 26.7. The molecule has 0 spiro atoms. The Kier molecular flexibility index (Phi) is 10.5. The molecule has 2 N–H and O–H groups in total. The number of ether oxygens (including phenoxy) is 1. The number of hydrogen-bond acceptors (Lipinski definition) is 12. The van der Waals surface area contributed by atoms with Crippen LogP contribution >= 0.6 is 31.3 Å². The largest absolute Gasteiger partial charge is 0.474 e. The number of carbonyl (C=O) groups excluding carboxylic acids is 2. The second-order valence-electron chi connectivity index (χ2n) is 6.20. The molecule has 1 aromatic heterocycles. The van der Waals surface area contributed by atoms with Gasteiger partial charge >= 0.3 is 13.5 Å². The standard InChI is InChI=1S/C17H23FN3O8PS2/c1-11(22)31-7-5-26-30(25,27-6-8-32-12(2)23)28-10-13-3-4-15(29-13)21-9-14(18)16(19)20-17(21)24/h3-4,9,13,15H,5-8,10H2,1-2H3,(H2,19,20,24)/t13-,15+/m0/s1. The molecule has 178 valence electrons. The molecule has 32 heavy (non-hydrogen) atoms. The van der Waals surface area contributed by atoms with Crippen molar-refractivity contribution in [3.05, 3.63) is 34.7 Å². The van der Waals surface area contributed by atoms with Gasteiger partial charge in [0, 0.05) is 25.4 Å². The van der Waals surface area contributed by atoms with Gasteiger partial charge in [0.2, 0.25) is 0 Å². The molecule has 2 heterocycles. The first-order chi connectivity index (χ1) is 15.1. The summed E-state index contributed by atoms with van der Waals surface area (Å²) >= 11 is 1.98. The minimum absolute atomic E-state index is 0.0723. The molecule has 1 aliphatic rings. The molecule has 0 aliphatic carbocycles. The highest BCUT2D eigenvalue weighted by atomic mass is 32.2. The SMILES string of the molecule is CC(=O)SCCOP(=O)(OCCSC(C)=O)OC[C@@H]1C=C[C@H](n2cc(F)c(N)nc2=O)O1. The number of phosphoric ester groups is 1. The maximum Gasteiger partial charge on any atom is 0.474 e. The highest BCUT2D eigenvalue weighted by Crippen LogP contribution is 2.50. The molecule has 0 bridgehead atoms. The monoisotopic (exact) mass is 511 g/mol. The van der Waals surface area contributed by atoms with Gasteiger partial charge < -0.3 is 10.5 Å². The molecule has 11 nitrogen and oxygen atoms in total. The second-order valence-corrected chi connectivity index (χ2v) is 10.4. The predicted molar refractivity (Wildman–Crippen MR) is 118 cm³/mol. The highest BCUT2D eigenvalue weighted by molar-refractivity contribution is 8.13. The molecule has 0 saturated heterocycles. The van der Waals surface area contributed by atoms with Gasteiger partial charge in [-0.15, -0.1) is 0 Å². The lowest BCUT2D eigenvalue weighted by atomic mass is 10.4. The van der Waals surface area contributed by atoms with Gasteiger partial charge in [-0.05, 0) is 6.08 Å². The van der Waals surface area contributed by atoms with Gasteiger partial charge in [-0.2, -0.15) is 4.98 Å². The van der Waals surface area contributed by atoms with Gasteiger partial charge in [0.25, 0.3) is 0 Å². The average Bonchev–Trinajstić information content (AvgIpc) is 3.19. The van der Waals surface area contributed by atoms with Crippen LogP contribution in [0.25, 0.3) is 0 Å². The lowest BCUT2D eigenvalue weighted by molar-refractivity contribution is -0.109. The van der Waals surface area contributed by atoms with E-state index in [1.54, 1.807) is 0 Å². The van der Waals surface area contributed by atoms with Crippen molar-refractivity contribution < 1.29 is 36.9 Å². The molecule has 15 heteroatoms. The quantitative estimate of drug-likeness (QED) is 0.249. The number of hydrogen-bond donors (Lipinski definition) is 1. The van der Waals surface area contributed by atoms with E-state index in [0.29, 0.717) is 0 Å². The van der Waals surface area contributed by atoms with E-state index >= 15 is 0 Å². The number of rotatable bonds is 12. The lowest BCUT2D eigenvalue weighted by Crippen LogP contribution is -2.29. The fraction of sp³-hybridized carbons (Fsp3) is 0.529. The summed E-state index contributed by atoms with van der Waals surface area (Å²) in [4.78, 5) is 37.3. The summed E-state index contributed by atoms with van der Waals surface area (Å²) in [6.45, 7) is 2.38. The van der Waals surface area contributed by atoms with Gasteiger partial charge in [0.15, 0.2) is 28.1 Å². The van der Waals surface area contributed by atoms with Gasteiger partial charge in [-0.3, -0.25) is 27.7 Å². The Labute approximate surface area is 191 Å². The average molecular weight is 511 g/mol. The van der Waals surface area contributed by atoms with Crippen molar-refractivity contribution in [3.8, 4) is 0 Å². The van der Waals surface area contributed by atoms with Gasteiger partial charge in [0.05, 0.1) is 26.0 Å². The Balaban J connectivity index is 1.93. The van der Waals surface area contributed by atoms with Crippen LogP contribution in [-0.2, 0) is 32.5 Å². The maximum absolute atomic E-state index is 13.6. The van der Waals surface area contributed by atoms with Gasteiger partial charge in [-0.25, -0.2) is 13.8 Å². The van der Waals surface area contributed by atoms with E-state index in [4.69, 9.17) is 24.0 Å². The summed E-state index contributed by atoms with van der Waals surface area (Å²) in [7, 11) is -4.03. The predicted octanol–water partition coefficient (Wildman–Crippen LogP) is 2.14. The summed E-state index contributed by atoms with van der Waals surface area (Å²) in [5.41, 5.74) is 4.46. The van der Waals surface area contributed by atoms with E-state index in [9.17, 15) is 23.3 Å². The molecule has 0 fully saturated rings. The third-order valence-electron chi connectivity index (χ3n) is 3.69. The van der Waals surface area contributed by atoms with Crippen LogP contribution in [-0.4, -0.2) is 57.2 Å². The number of nitrogens with two attached hydrogens (primary N) is 1. The molecule has 2 rings (SSSR count). The lowest BCUT2D eigenvalue weighted by Gasteiger charge is -2.20. The Morgan fingerprint density at radius 2 is 1.78 bits per heavy atom. The number of aromatic nitrogens is 2. The van der Waals surface area contributed by atoms with E-state index in [2.05, 4.69) is 4.98 Å². The van der Waals surface area contributed by atoms with Crippen molar-refractivity contribution in [1.29, 1.82) is 0 Å². The van der Waals surface area contributed by atoms with Crippen molar-refractivity contribution in [3.63, 3.8) is 0 Å². The Bertz CT molecular complexity index is 934. The molecule has 0 aromatic carbocycles. The second kappa shape index (κ2) is 12.6. The fourth-order valence-electron chi connectivity index (χ4n) is 2.33. The van der Waals surface area contributed by atoms with E-state index in [1.165, 1.54) is 26.0 Å². The van der Waals surface area contributed by atoms with Crippen LogP contribution in [0.5, 0.6) is 0 Å². The summed E-state index contributed by atoms with van der Waals surface area (Å²) in [6, 6.07) is 0. The minimum atomic E-state index is -4.03.